The smallest absolute Gasteiger partial charge is 0.00859 e. The minimum Gasteiger partial charge on any atom is -0.107 e. The number of hydrogen-bond acceptors (Lipinski definition) is 0. The summed E-state index contributed by atoms with van der Waals surface area (Å²) in [7, 11) is 0. The van der Waals surface area contributed by atoms with Gasteiger partial charge in [-0.3, -0.25) is 0 Å². The van der Waals surface area contributed by atoms with Gasteiger partial charge >= 0.3 is 0 Å². The lowest BCUT2D eigenvalue weighted by Gasteiger charge is -1.71. The first-order valence-corrected chi connectivity index (χ1v) is 2.31. The van der Waals surface area contributed by atoms with E-state index in [-0.39, 0.29) is 14.9 Å². The lowest BCUT2D eigenvalue weighted by Crippen LogP contribution is -1.56. The quantitative estimate of drug-likeness (QED) is 0.459. The van der Waals surface area contributed by atoms with Gasteiger partial charge in [-0.2, -0.15) is 0 Å². The van der Waals surface area contributed by atoms with Crippen LogP contribution in [0.1, 0.15) is 41.5 Å². The zero-order chi connectivity index (χ0) is 4.83. The van der Waals surface area contributed by atoms with Crippen molar-refractivity contribution in [3.63, 3.8) is 0 Å². The monoisotopic (exact) mass is 114 g/mol. The van der Waals surface area contributed by atoms with Crippen molar-refractivity contribution in [3.05, 3.63) is 0 Å². The first-order valence-electron chi connectivity index (χ1n) is 2.31. The fourth-order valence-electron chi connectivity index (χ4n) is 0.250. The molecule has 0 nitrogen and oxygen atoms in total. The van der Waals surface area contributed by atoms with Gasteiger partial charge in [0.1, 0.15) is 0 Å². The maximum absolute atomic E-state index is 2.95. The highest BCUT2D eigenvalue weighted by molar-refractivity contribution is 4.93. The van der Waals surface area contributed by atoms with Crippen molar-refractivity contribution in [1.29, 1.82) is 0 Å². The SMILES string of the molecule is C.C.CC#CCCC. The molecule has 0 unspecified atom stereocenters. The predicted octanol–water partition coefficient (Wildman–Crippen LogP) is 3.08. The summed E-state index contributed by atoms with van der Waals surface area (Å²) in [6, 6.07) is 0. The van der Waals surface area contributed by atoms with E-state index in [2.05, 4.69) is 18.8 Å². The zero-order valence-corrected chi connectivity index (χ0v) is 4.41. The highest BCUT2D eigenvalue weighted by atomic mass is 13.7. The molecule has 0 spiro atoms. The molecule has 0 atom stereocenters. The Bertz CT molecular complexity index is 61.8. The first-order chi connectivity index (χ1) is 2.91. The molecule has 0 saturated heterocycles. The van der Waals surface area contributed by atoms with Gasteiger partial charge in [0.05, 0.1) is 0 Å². The van der Waals surface area contributed by atoms with Crippen molar-refractivity contribution >= 4 is 0 Å². The van der Waals surface area contributed by atoms with E-state index in [4.69, 9.17) is 0 Å². The molecule has 0 radical (unpaired) electrons. The third-order valence-electron chi connectivity index (χ3n) is 0.552. The molecular weight excluding hydrogens is 96.1 g/mol. The van der Waals surface area contributed by atoms with Crippen LogP contribution in [0.4, 0.5) is 0 Å². The summed E-state index contributed by atoms with van der Waals surface area (Å²) in [6.07, 6.45) is 2.23. The molecule has 0 rings (SSSR count). The Morgan fingerprint density at radius 1 is 1.25 bits per heavy atom. The molecule has 0 N–H and O–H groups in total. The highest BCUT2D eigenvalue weighted by Crippen LogP contribution is 1.79. The van der Waals surface area contributed by atoms with Crippen LogP contribution in [0.5, 0.6) is 0 Å². The summed E-state index contributed by atoms with van der Waals surface area (Å²) in [5.41, 5.74) is 0. The average Bonchev–Trinajstić information content (AvgIpc) is 1.61. The summed E-state index contributed by atoms with van der Waals surface area (Å²) in [4.78, 5) is 0. The first kappa shape index (κ1) is 15.6. The van der Waals surface area contributed by atoms with Crippen molar-refractivity contribution < 1.29 is 0 Å². The molecule has 0 heteroatoms. The maximum atomic E-state index is 2.95. The Balaban J connectivity index is -0.000000125. The molecule has 0 aromatic carbocycles. The van der Waals surface area contributed by atoms with Gasteiger partial charge in [-0.1, -0.05) is 21.8 Å². The van der Waals surface area contributed by atoms with Gasteiger partial charge in [0, 0.05) is 6.42 Å². The van der Waals surface area contributed by atoms with E-state index in [1.54, 1.807) is 0 Å². The van der Waals surface area contributed by atoms with Crippen molar-refractivity contribution in [2.45, 2.75) is 41.5 Å². The third kappa shape index (κ3) is 17.6. The van der Waals surface area contributed by atoms with E-state index in [0.717, 1.165) is 6.42 Å². The van der Waals surface area contributed by atoms with E-state index < -0.39 is 0 Å². The van der Waals surface area contributed by atoms with Crippen molar-refractivity contribution in [3.8, 4) is 11.8 Å². The molecule has 50 valence electrons. The molecule has 0 amide bonds. The Morgan fingerprint density at radius 3 is 1.88 bits per heavy atom. The minimum atomic E-state index is 0. The van der Waals surface area contributed by atoms with E-state index >= 15 is 0 Å². The molecular formula is C8H18. The Kier molecular flexibility index (Phi) is 31.3. The largest absolute Gasteiger partial charge is 0.107 e. The molecule has 0 aromatic heterocycles. The van der Waals surface area contributed by atoms with Crippen LogP contribution in [-0.4, -0.2) is 0 Å². The second-order valence-corrected chi connectivity index (χ2v) is 1.18. The zero-order valence-electron chi connectivity index (χ0n) is 4.41. The molecule has 0 fully saturated rings. The molecule has 0 heterocycles. The van der Waals surface area contributed by atoms with Gasteiger partial charge in [-0.15, -0.1) is 11.8 Å². The third-order valence-corrected chi connectivity index (χ3v) is 0.552. The van der Waals surface area contributed by atoms with Gasteiger partial charge in [0.25, 0.3) is 0 Å². The topological polar surface area (TPSA) is 0 Å². The molecule has 8 heavy (non-hydrogen) atoms. The van der Waals surface area contributed by atoms with Gasteiger partial charge in [0.15, 0.2) is 0 Å². The Labute approximate surface area is 54.3 Å². The van der Waals surface area contributed by atoms with Gasteiger partial charge in [0.2, 0.25) is 0 Å². The van der Waals surface area contributed by atoms with E-state index in [9.17, 15) is 0 Å². The van der Waals surface area contributed by atoms with Crippen LogP contribution in [0.3, 0.4) is 0 Å². The van der Waals surface area contributed by atoms with E-state index in [1.807, 2.05) is 6.92 Å². The van der Waals surface area contributed by atoms with Crippen LogP contribution in [0.15, 0.2) is 0 Å². The van der Waals surface area contributed by atoms with Crippen LogP contribution < -0.4 is 0 Å². The maximum Gasteiger partial charge on any atom is 0.00859 e. The lowest BCUT2D eigenvalue weighted by atomic mass is 10.3. The Morgan fingerprint density at radius 2 is 1.75 bits per heavy atom. The van der Waals surface area contributed by atoms with Crippen LogP contribution in [0.2, 0.25) is 0 Å². The molecule has 0 aliphatic heterocycles. The van der Waals surface area contributed by atoms with Crippen LogP contribution in [-0.2, 0) is 0 Å². The van der Waals surface area contributed by atoms with Gasteiger partial charge in [-0.05, 0) is 13.3 Å². The number of rotatable bonds is 1. The van der Waals surface area contributed by atoms with Crippen LogP contribution in [0.25, 0.3) is 0 Å². The highest BCUT2D eigenvalue weighted by Gasteiger charge is 1.63. The van der Waals surface area contributed by atoms with E-state index in [0.29, 0.717) is 0 Å². The molecule has 0 bridgehead atoms. The van der Waals surface area contributed by atoms with Crippen molar-refractivity contribution in [2.75, 3.05) is 0 Å². The van der Waals surface area contributed by atoms with Crippen LogP contribution >= 0.6 is 0 Å². The molecule has 0 saturated carbocycles. The second kappa shape index (κ2) is 16.0. The summed E-state index contributed by atoms with van der Waals surface area (Å²) in [5.74, 6) is 5.77. The fourth-order valence-corrected chi connectivity index (χ4v) is 0.250. The van der Waals surface area contributed by atoms with Crippen LogP contribution in [0, 0.1) is 11.8 Å². The summed E-state index contributed by atoms with van der Waals surface area (Å²) < 4.78 is 0. The van der Waals surface area contributed by atoms with Gasteiger partial charge < -0.3 is 0 Å². The Hall–Kier alpha value is -0.440. The summed E-state index contributed by atoms with van der Waals surface area (Å²) in [5, 5.41) is 0. The van der Waals surface area contributed by atoms with Gasteiger partial charge in [-0.25, -0.2) is 0 Å². The fraction of sp³-hybridized carbons (Fsp3) is 0.750. The van der Waals surface area contributed by atoms with E-state index in [1.165, 1.54) is 6.42 Å². The normalized spacial score (nSPS) is 4.75. The molecule has 0 aliphatic carbocycles. The number of unbranched alkanes of at least 4 members (excludes halogenated alkanes) is 1. The average molecular weight is 114 g/mol. The lowest BCUT2D eigenvalue weighted by molar-refractivity contribution is 0.983. The molecule has 0 aliphatic rings. The summed E-state index contributed by atoms with van der Waals surface area (Å²) in [6.45, 7) is 4.00. The van der Waals surface area contributed by atoms with Crippen molar-refractivity contribution in [1.82, 2.24) is 0 Å². The predicted molar refractivity (Wildman–Crippen MR) is 41.8 cm³/mol. The minimum absolute atomic E-state index is 0. The second-order valence-electron chi connectivity index (χ2n) is 1.18. The number of hydrogen-bond donors (Lipinski definition) is 0. The standard InChI is InChI=1S/C6H10.2CH4/c1-3-5-6-4-2;;/h3,5H2,1-2H3;2*1H4. The summed E-state index contributed by atoms with van der Waals surface area (Å²) >= 11 is 0. The van der Waals surface area contributed by atoms with Crippen molar-refractivity contribution in [2.24, 2.45) is 0 Å². The molecule has 0 aromatic rings.